The SMILES string of the molecule is CCc1nn(CC)c(CCC(Cl)CC)c1Cl. The fourth-order valence-electron chi connectivity index (χ4n) is 1.75. The zero-order valence-electron chi connectivity index (χ0n) is 10.3. The van der Waals surface area contributed by atoms with Gasteiger partial charge in [0, 0.05) is 11.9 Å². The van der Waals surface area contributed by atoms with Gasteiger partial charge in [0.1, 0.15) is 0 Å². The molecule has 0 radical (unpaired) electrons. The number of aryl methyl sites for hydroxylation is 2. The highest BCUT2D eigenvalue weighted by Gasteiger charge is 2.14. The second kappa shape index (κ2) is 6.51. The second-order valence-electron chi connectivity index (χ2n) is 3.92. The van der Waals surface area contributed by atoms with Crippen LogP contribution in [0.1, 0.15) is 45.0 Å². The van der Waals surface area contributed by atoms with E-state index in [1.165, 1.54) is 0 Å². The molecule has 2 nitrogen and oxygen atoms in total. The quantitative estimate of drug-likeness (QED) is 0.707. The Labute approximate surface area is 108 Å². The first-order valence-corrected chi connectivity index (χ1v) is 6.83. The van der Waals surface area contributed by atoms with Crippen molar-refractivity contribution in [3.63, 3.8) is 0 Å². The molecular weight excluding hydrogens is 243 g/mol. The minimum absolute atomic E-state index is 0.237. The van der Waals surface area contributed by atoms with E-state index in [1.807, 2.05) is 4.68 Å². The molecule has 1 unspecified atom stereocenters. The predicted octanol–water partition coefficient (Wildman–Crippen LogP) is 4.07. The van der Waals surface area contributed by atoms with Crippen LogP contribution >= 0.6 is 23.2 Å². The van der Waals surface area contributed by atoms with Gasteiger partial charge in [-0.25, -0.2) is 0 Å². The first-order valence-electron chi connectivity index (χ1n) is 6.02. The molecule has 1 aromatic rings. The molecule has 0 aliphatic rings. The van der Waals surface area contributed by atoms with Gasteiger partial charge in [-0.1, -0.05) is 25.4 Å². The normalized spacial score (nSPS) is 13.1. The van der Waals surface area contributed by atoms with Crippen molar-refractivity contribution in [2.24, 2.45) is 0 Å². The Balaban J connectivity index is 2.80. The van der Waals surface area contributed by atoms with Crippen molar-refractivity contribution in [2.75, 3.05) is 0 Å². The van der Waals surface area contributed by atoms with Crippen molar-refractivity contribution in [3.05, 3.63) is 16.4 Å². The molecule has 4 heteroatoms. The summed E-state index contributed by atoms with van der Waals surface area (Å²) >= 11 is 12.4. The number of alkyl halides is 1. The third kappa shape index (κ3) is 3.14. The van der Waals surface area contributed by atoms with Crippen LogP contribution in [0.4, 0.5) is 0 Å². The Morgan fingerprint density at radius 1 is 1.31 bits per heavy atom. The van der Waals surface area contributed by atoms with Crippen LogP contribution in [-0.2, 0) is 19.4 Å². The van der Waals surface area contributed by atoms with E-state index in [0.29, 0.717) is 0 Å². The smallest absolute Gasteiger partial charge is 0.0849 e. The van der Waals surface area contributed by atoms with E-state index in [2.05, 4.69) is 25.9 Å². The Bertz CT molecular complexity index is 334. The van der Waals surface area contributed by atoms with Gasteiger partial charge in [0.2, 0.25) is 0 Å². The lowest BCUT2D eigenvalue weighted by Crippen LogP contribution is -2.06. The fourth-order valence-corrected chi connectivity index (χ4v) is 2.23. The van der Waals surface area contributed by atoms with E-state index in [0.717, 1.165) is 48.6 Å². The molecule has 0 bridgehead atoms. The van der Waals surface area contributed by atoms with Gasteiger partial charge >= 0.3 is 0 Å². The van der Waals surface area contributed by atoms with Gasteiger partial charge in [-0.3, -0.25) is 4.68 Å². The summed E-state index contributed by atoms with van der Waals surface area (Å²) in [6, 6.07) is 0. The summed E-state index contributed by atoms with van der Waals surface area (Å²) in [4.78, 5) is 0. The van der Waals surface area contributed by atoms with E-state index in [1.54, 1.807) is 0 Å². The van der Waals surface area contributed by atoms with Crippen molar-refractivity contribution >= 4 is 23.2 Å². The van der Waals surface area contributed by atoms with E-state index < -0.39 is 0 Å². The number of rotatable bonds is 6. The average molecular weight is 263 g/mol. The fraction of sp³-hybridized carbons (Fsp3) is 0.750. The van der Waals surface area contributed by atoms with Crippen molar-refractivity contribution in [1.82, 2.24) is 9.78 Å². The van der Waals surface area contributed by atoms with Gasteiger partial charge < -0.3 is 0 Å². The molecule has 0 N–H and O–H groups in total. The molecule has 0 spiro atoms. The molecule has 16 heavy (non-hydrogen) atoms. The summed E-state index contributed by atoms with van der Waals surface area (Å²) in [7, 11) is 0. The van der Waals surface area contributed by atoms with Gasteiger partial charge in [-0.05, 0) is 32.6 Å². The van der Waals surface area contributed by atoms with Gasteiger partial charge in [-0.2, -0.15) is 5.10 Å². The lowest BCUT2D eigenvalue weighted by molar-refractivity contribution is 0.596. The molecule has 0 aromatic carbocycles. The monoisotopic (exact) mass is 262 g/mol. The number of hydrogen-bond acceptors (Lipinski definition) is 1. The zero-order chi connectivity index (χ0) is 12.1. The number of halogens is 2. The number of aromatic nitrogens is 2. The molecule has 1 atom stereocenters. The molecule has 0 amide bonds. The zero-order valence-corrected chi connectivity index (χ0v) is 11.8. The summed E-state index contributed by atoms with van der Waals surface area (Å²) in [5, 5.41) is 5.57. The van der Waals surface area contributed by atoms with Crippen LogP contribution in [0.3, 0.4) is 0 Å². The topological polar surface area (TPSA) is 17.8 Å². The van der Waals surface area contributed by atoms with Crippen LogP contribution in [-0.4, -0.2) is 15.2 Å². The molecule has 1 rings (SSSR count). The molecular formula is C12H20Cl2N2. The van der Waals surface area contributed by atoms with E-state index in [9.17, 15) is 0 Å². The highest BCUT2D eigenvalue weighted by Crippen LogP contribution is 2.24. The predicted molar refractivity (Wildman–Crippen MR) is 70.5 cm³/mol. The summed E-state index contributed by atoms with van der Waals surface area (Å²) in [6.45, 7) is 7.14. The number of hydrogen-bond donors (Lipinski definition) is 0. The minimum atomic E-state index is 0.237. The first kappa shape index (κ1) is 13.9. The molecule has 0 aliphatic heterocycles. The molecule has 0 saturated heterocycles. The summed E-state index contributed by atoms with van der Waals surface area (Å²) in [5.74, 6) is 0. The molecule has 1 heterocycles. The molecule has 0 aliphatic carbocycles. The van der Waals surface area contributed by atoms with Gasteiger partial charge in [0.15, 0.2) is 0 Å². The lowest BCUT2D eigenvalue weighted by atomic mass is 10.1. The number of nitrogens with zero attached hydrogens (tertiary/aromatic N) is 2. The maximum atomic E-state index is 6.31. The summed E-state index contributed by atoms with van der Waals surface area (Å²) in [5.41, 5.74) is 2.14. The van der Waals surface area contributed by atoms with Crippen LogP contribution in [0.2, 0.25) is 5.02 Å². The average Bonchev–Trinajstić information content (AvgIpc) is 2.62. The van der Waals surface area contributed by atoms with Gasteiger partial charge in [0.25, 0.3) is 0 Å². The van der Waals surface area contributed by atoms with Crippen molar-refractivity contribution in [3.8, 4) is 0 Å². The maximum Gasteiger partial charge on any atom is 0.0849 e. The minimum Gasteiger partial charge on any atom is -0.268 e. The van der Waals surface area contributed by atoms with E-state index >= 15 is 0 Å². The Morgan fingerprint density at radius 3 is 2.50 bits per heavy atom. The molecule has 0 saturated carbocycles. The molecule has 0 fully saturated rings. The first-order chi connectivity index (χ1) is 7.63. The van der Waals surface area contributed by atoms with Crippen molar-refractivity contribution in [1.29, 1.82) is 0 Å². The summed E-state index contributed by atoms with van der Waals surface area (Å²) < 4.78 is 2.00. The van der Waals surface area contributed by atoms with Crippen LogP contribution in [0, 0.1) is 0 Å². The van der Waals surface area contributed by atoms with E-state index in [-0.39, 0.29) is 5.38 Å². The Kier molecular flexibility index (Phi) is 5.63. The van der Waals surface area contributed by atoms with Crippen LogP contribution in [0.25, 0.3) is 0 Å². The standard InChI is InChI=1S/C12H20Cl2N2/c1-4-9(13)7-8-11-12(14)10(5-2)15-16(11)6-3/h9H,4-8H2,1-3H3. The van der Waals surface area contributed by atoms with Crippen molar-refractivity contribution < 1.29 is 0 Å². The Morgan fingerprint density at radius 2 is 2.00 bits per heavy atom. The highest BCUT2D eigenvalue weighted by atomic mass is 35.5. The third-order valence-electron chi connectivity index (χ3n) is 2.83. The van der Waals surface area contributed by atoms with Crippen molar-refractivity contribution in [2.45, 2.75) is 58.4 Å². The van der Waals surface area contributed by atoms with Crippen LogP contribution in [0.15, 0.2) is 0 Å². The van der Waals surface area contributed by atoms with Gasteiger partial charge in [0.05, 0.1) is 16.4 Å². The largest absolute Gasteiger partial charge is 0.268 e. The third-order valence-corrected chi connectivity index (χ3v) is 3.79. The second-order valence-corrected chi connectivity index (χ2v) is 4.92. The maximum absolute atomic E-state index is 6.31. The van der Waals surface area contributed by atoms with Crippen LogP contribution in [0.5, 0.6) is 0 Å². The lowest BCUT2D eigenvalue weighted by Gasteiger charge is -2.08. The highest BCUT2D eigenvalue weighted by molar-refractivity contribution is 6.31. The van der Waals surface area contributed by atoms with Crippen LogP contribution < -0.4 is 0 Å². The van der Waals surface area contributed by atoms with Gasteiger partial charge in [-0.15, -0.1) is 11.6 Å². The summed E-state index contributed by atoms with van der Waals surface area (Å²) in [6.07, 6.45) is 3.77. The Hall–Kier alpha value is -0.210. The molecule has 92 valence electrons. The molecule has 1 aromatic heterocycles. The van der Waals surface area contributed by atoms with E-state index in [4.69, 9.17) is 23.2 Å².